The van der Waals surface area contributed by atoms with Crippen molar-refractivity contribution in [1.82, 2.24) is 15.0 Å². The van der Waals surface area contributed by atoms with Crippen molar-refractivity contribution >= 4 is 45.6 Å². The second kappa shape index (κ2) is 8.39. The summed E-state index contributed by atoms with van der Waals surface area (Å²) in [7, 11) is 3.32. The summed E-state index contributed by atoms with van der Waals surface area (Å²) in [6.07, 6.45) is 10.9. The Kier molecular flexibility index (Phi) is 5.13. The van der Waals surface area contributed by atoms with E-state index in [4.69, 9.17) is 9.47 Å². The molecule has 2 N–H and O–H groups in total. The number of H-pyrrole nitrogens is 2. The molecule has 0 amide bonds. The van der Waals surface area contributed by atoms with Gasteiger partial charge >= 0.3 is 0 Å². The zero-order valence-corrected chi connectivity index (χ0v) is 17.7. The van der Waals surface area contributed by atoms with Crippen molar-refractivity contribution in [2.75, 3.05) is 14.2 Å². The van der Waals surface area contributed by atoms with Crippen LogP contribution in [0.3, 0.4) is 0 Å². The summed E-state index contributed by atoms with van der Waals surface area (Å²) in [5.74, 6) is 1.61. The molecule has 0 saturated carbocycles. The number of benzene rings is 2. The van der Waals surface area contributed by atoms with E-state index in [0.717, 1.165) is 55.8 Å². The molecule has 2 aromatic carbocycles. The third kappa shape index (κ3) is 3.83. The van der Waals surface area contributed by atoms with Crippen molar-refractivity contribution < 1.29 is 9.47 Å². The molecule has 3 heterocycles. The highest BCUT2D eigenvalue weighted by Gasteiger charge is 2.05. The lowest BCUT2D eigenvalue weighted by Gasteiger charge is -2.00. The molecule has 7 nitrogen and oxygen atoms in total. The van der Waals surface area contributed by atoms with Crippen LogP contribution in [0.15, 0.2) is 77.2 Å². The lowest BCUT2D eigenvalue weighted by molar-refractivity contribution is 0.415. The van der Waals surface area contributed by atoms with Crippen molar-refractivity contribution in [2.45, 2.75) is 0 Å². The quantitative estimate of drug-likeness (QED) is 0.350. The van der Waals surface area contributed by atoms with E-state index in [2.05, 4.69) is 24.9 Å². The lowest BCUT2D eigenvalue weighted by Crippen LogP contribution is -1.83. The predicted octanol–water partition coefficient (Wildman–Crippen LogP) is 5.56. The number of hydrogen-bond donors (Lipinski definition) is 2. The van der Waals surface area contributed by atoms with Crippen LogP contribution < -0.4 is 9.47 Å². The topological polar surface area (TPSA) is 87.6 Å². The zero-order chi connectivity index (χ0) is 21.9. The van der Waals surface area contributed by atoms with Gasteiger partial charge in [-0.1, -0.05) is 0 Å². The summed E-state index contributed by atoms with van der Waals surface area (Å²) in [4.78, 5) is 20.0. The van der Waals surface area contributed by atoms with Gasteiger partial charge in [-0.05, 0) is 42.5 Å². The van der Waals surface area contributed by atoms with Gasteiger partial charge in [-0.3, -0.25) is 15.0 Å². The number of hydrogen-bond acceptors (Lipinski definition) is 5. The highest BCUT2D eigenvalue weighted by Crippen LogP contribution is 2.25. The fourth-order valence-corrected chi connectivity index (χ4v) is 3.56. The first kappa shape index (κ1) is 19.6. The minimum atomic E-state index is 0.720. The second-order valence-corrected chi connectivity index (χ2v) is 7.23. The largest absolute Gasteiger partial charge is 0.497 e. The van der Waals surface area contributed by atoms with Gasteiger partial charge in [-0.15, -0.1) is 0 Å². The van der Waals surface area contributed by atoms with E-state index in [1.807, 2.05) is 67.3 Å². The molecule has 0 aliphatic rings. The molecule has 5 aromatic rings. The van der Waals surface area contributed by atoms with Crippen LogP contribution >= 0.6 is 0 Å². The SMILES string of the molecule is COc1ccc2[nH]cc(C=Nc3cncc(N=Cc4c[nH]c5ccc(OC)cc45)c3)c2c1. The van der Waals surface area contributed by atoms with Crippen LogP contribution in [0.25, 0.3) is 21.8 Å². The van der Waals surface area contributed by atoms with Crippen LogP contribution in [0.5, 0.6) is 11.5 Å². The first-order chi connectivity index (χ1) is 15.7. The molecule has 3 aromatic heterocycles. The maximum Gasteiger partial charge on any atom is 0.119 e. The van der Waals surface area contributed by atoms with Gasteiger partial charge in [0.1, 0.15) is 11.5 Å². The molecule has 0 fully saturated rings. The summed E-state index contributed by atoms with van der Waals surface area (Å²) in [5, 5.41) is 2.09. The Balaban J connectivity index is 1.39. The normalized spacial score (nSPS) is 11.8. The first-order valence-electron chi connectivity index (χ1n) is 10.1. The summed E-state index contributed by atoms with van der Waals surface area (Å²) in [5.41, 5.74) is 5.44. The lowest BCUT2D eigenvalue weighted by atomic mass is 10.2. The molecule has 0 aliphatic heterocycles. The predicted molar refractivity (Wildman–Crippen MR) is 128 cm³/mol. The molecule has 158 valence electrons. The van der Waals surface area contributed by atoms with Crippen molar-refractivity contribution in [1.29, 1.82) is 0 Å². The van der Waals surface area contributed by atoms with Gasteiger partial charge in [0.05, 0.1) is 38.0 Å². The Morgan fingerprint density at radius 3 is 1.69 bits per heavy atom. The molecule has 32 heavy (non-hydrogen) atoms. The van der Waals surface area contributed by atoms with Crippen molar-refractivity contribution in [2.24, 2.45) is 9.98 Å². The molecule has 7 heteroatoms. The van der Waals surface area contributed by atoms with E-state index in [-0.39, 0.29) is 0 Å². The molecule has 0 atom stereocenters. The number of aromatic amines is 2. The number of aromatic nitrogens is 3. The van der Waals surface area contributed by atoms with Gasteiger partial charge in [-0.25, -0.2) is 0 Å². The molecular weight excluding hydrogens is 402 g/mol. The van der Waals surface area contributed by atoms with E-state index < -0.39 is 0 Å². The van der Waals surface area contributed by atoms with Crippen LogP contribution in [0.4, 0.5) is 11.4 Å². The number of fused-ring (bicyclic) bond motifs is 2. The summed E-state index contributed by atoms with van der Waals surface area (Å²) in [6.45, 7) is 0. The Bertz CT molecular complexity index is 1350. The Morgan fingerprint density at radius 1 is 0.719 bits per heavy atom. The van der Waals surface area contributed by atoms with E-state index in [1.165, 1.54) is 0 Å². The third-order valence-electron chi connectivity index (χ3n) is 5.26. The molecular formula is C25H21N5O2. The number of methoxy groups -OCH3 is 2. The Hall–Kier alpha value is -4.39. The number of rotatable bonds is 6. The molecule has 0 aliphatic carbocycles. The number of pyridine rings is 1. The fraction of sp³-hybridized carbons (Fsp3) is 0.0800. The van der Waals surface area contributed by atoms with E-state index in [9.17, 15) is 0 Å². The van der Waals surface area contributed by atoms with Crippen molar-refractivity contribution in [3.05, 3.63) is 78.4 Å². The Labute approximate surface area is 184 Å². The fourth-order valence-electron chi connectivity index (χ4n) is 3.56. The van der Waals surface area contributed by atoms with Crippen LogP contribution in [0.2, 0.25) is 0 Å². The highest BCUT2D eigenvalue weighted by atomic mass is 16.5. The van der Waals surface area contributed by atoms with Gasteiger partial charge in [0, 0.05) is 57.8 Å². The van der Waals surface area contributed by atoms with Crippen LogP contribution in [-0.4, -0.2) is 41.6 Å². The maximum absolute atomic E-state index is 5.33. The van der Waals surface area contributed by atoms with E-state index in [1.54, 1.807) is 26.6 Å². The summed E-state index contributed by atoms with van der Waals surface area (Å²) in [6, 6.07) is 13.7. The smallest absolute Gasteiger partial charge is 0.119 e. The molecule has 0 radical (unpaired) electrons. The van der Waals surface area contributed by atoms with E-state index in [0.29, 0.717) is 0 Å². The Morgan fingerprint density at radius 2 is 1.22 bits per heavy atom. The van der Waals surface area contributed by atoms with Gasteiger partial charge in [0.25, 0.3) is 0 Å². The number of aliphatic imine (C=N–C) groups is 2. The van der Waals surface area contributed by atoms with Gasteiger partial charge in [0.2, 0.25) is 0 Å². The van der Waals surface area contributed by atoms with Crippen LogP contribution in [-0.2, 0) is 0 Å². The minimum Gasteiger partial charge on any atom is -0.497 e. The van der Waals surface area contributed by atoms with Crippen LogP contribution in [0, 0.1) is 0 Å². The maximum atomic E-state index is 5.33. The van der Waals surface area contributed by atoms with Crippen LogP contribution in [0.1, 0.15) is 11.1 Å². The molecule has 0 spiro atoms. The molecule has 0 bridgehead atoms. The second-order valence-electron chi connectivity index (χ2n) is 7.23. The highest BCUT2D eigenvalue weighted by molar-refractivity contribution is 6.01. The van der Waals surface area contributed by atoms with Gasteiger partial charge in [-0.2, -0.15) is 0 Å². The first-order valence-corrected chi connectivity index (χ1v) is 10.1. The average molecular weight is 423 g/mol. The number of ether oxygens (including phenoxy) is 2. The molecule has 5 rings (SSSR count). The van der Waals surface area contributed by atoms with Crippen molar-refractivity contribution in [3.8, 4) is 11.5 Å². The van der Waals surface area contributed by atoms with Crippen molar-refractivity contribution in [3.63, 3.8) is 0 Å². The number of nitrogens with zero attached hydrogens (tertiary/aromatic N) is 3. The third-order valence-corrected chi connectivity index (χ3v) is 5.26. The summed E-state index contributed by atoms with van der Waals surface area (Å²) < 4.78 is 10.7. The number of nitrogens with one attached hydrogen (secondary N) is 2. The molecule has 0 unspecified atom stereocenters. The van der Waals surface area contributed by atoms with Gasteiger partial charge in [0.15, 0.2) is 0 Å². The standard InChI is InChI=1S/C25H21N5O2/c1-31-20-3-5-24-22(8-20)16(12-29-24)10-27-18-7-19(15-26-14-18)28-11-17-13-30-25-6-4-21(32-2)9-23(17)25/h3-15,29-30H,1-2H3. The van der Waals surface area contributed by atoms with Gasteiger partial charge < -0.3 is 19.4 Å². The average Bonchev–Trinajstić information content (AvgIpc) is 3.44. The monoisotopic (exact) mass is 423 g/mol. The van der Waals surface area contributed by atoms with E-state index >= 15 is 0 Å². The minimum absolute atomic E-state index is 0.720. The molecule has 0 saturated heterocycles. The summed E-state index contributed by atoms with van der Waals surface area (Å²) >= 11 is 0. The zero-order valence-electron chi connectivity index (χ0n) is 17.7.